The maximum Gasteiger partial charge on any atom is 0.166 e. The Morgan fingerprint density at radius 2 is 2.33 bits per heavy atom. The lowest BCUT2D eigenvalue weighted by Gasteiger charge is -2.21. The zero-order valence-corrected chi connectivity index (χ0v) is 10.1. The normalized spacial score (nSPS) is 20.1. The summed E-state index contributed by atoms with van der Waals surface area (Å²) in [5, 5.41) is 8.26. The molecule has 5 nitrogen and oxygen atoms in total. The van der Waals surface area contributed by atoms with Crippen molar-refractivity contribution >= 4 is 11.9 Å². The van der Waals surface area contributed by atoms with Crippen molar-refractivity contribution in [1.82, 2.24) is 14.6 Å². The van der Waals surface area contributed by atoms with Crippen molar-refractivity contribution in [2.24, 2.45) is 0 Å². The number of nitrogens with zero attached hydrogens (tertiary/aromatic N) is 3. The Hall–Kier alpha value is -1.75. The van der Waals surface area contributed by atoms with Crippen LogP contribution in [-0.2, 0) is 11.2 Å². The number of aldehydes is 1. The molecule has 0 aliphatic carbocycles. The van der Waals surface area contributed by atoms with Crippen LogP contribution >= 0.6 is 0 Å². The second-order valence-corrected chi connectivity index (χ2v) is 4.57. The largest absolute Gasteiger partial charge is 0.378 e. The molecule has 1 fully saturated rings. The highest BCUT2D eigenvalue weighted by atomic mass is 16.5. The lowest BCUT2D eigenvalue weighted by Crippen LogP contribution is -2.22. The monoisotopic (exact) mass is 245 g/mol. The molecule has 0 N–H and O–H groups in total. The van der Waals surface area contributed by atoms with Crippen molar-refractivity contribution in [3.05, 3.63) is 29.7 Å². The number of fused-ring (bicyclic) bond motifs is 1. The van der Waals surface area contributed by atoms with Gasteiger partial charge in [-0.3, -0.25) is 9.20 Å². The van der Waals surface area contributed by atoms with Gasteiger partial charge in [-0.2, -0.15) is 0 Å². The SMILES string of the molecule is O=Cc1cccc2nnc(CC3CCCCO3)n12. The van der Waals surface area contributed by atoms with Gasteiger partial charge in [0.15, 0.2) is 11.9 Å². The van der Waals surface area contributed by atoms with E-state index in [1.165, 1.54) is 6.42 Å². The Balaban J connectivity index is 1.93. The standard InChI is InChI=1S/C13H15N3O2/c17-9-10-4-3-6-12-14-15-13(16(10)12)8-11-5-1-2-7-18-11/h3-4,6,9,11H,1-2,5,7-8H2. The Kier molecular flexibility index (Phi) is 3.06. The molecule has 5 heteroatoms. The fourth-order valence-electron chi connectivity index (χ4n) is 2.42. The lowest BCUT2D eigenvalue weighted by atomic mass is 10.1. The van der Waals surface area contributed by atoms with Gasteiger partial charge in [-0.25, -0.2) is 0 Å². The van der Waals surface area contributed by atoms with Gasteiger partial charge < -0.3 is 4.74 Å². The van der Waals surface area contributed by atoms with Crippen LogP contribution in [0.3, 0.4) is 0 Å². The molecule has 2 aromatic rings. The number of ether oxygens (including phenoxy) is 1. The number of aromatic nitrogens is 3. The van der Waals surface area contributed by atoms with E-state index in [0.717, 1.165) is 31.6 Å². The van der Waals surface area contributed by atoms with E-state index in [-0.39, 0.29) is 6.10 Å². The smallest absolute Gasteiger partial charge is 0.166 e. The minimum atomic E-state index is 0.200. The van der Waals surface area contributed by atoms with Gasteiger partial charge >= 0.3 is 0 Å². The average molecular weight is 245 g/mol. The van der Waals surface area contributed by atoms with Crippen LogP contribution < -0.4 is 0 Å². The van der Waals surface area contributed by atoms with Crippen LogP contribution in [0, 0.1) is 0 Å². The van der Waals surface area contributed by atoms with Crippen LogP contribution in [0.15, 0.2) is 18.2 Å². The van der Waals surface area contributed by atoms with E-state index in [0.29, 0.717) is 17.8 Å². The second-order valence-electron chi connectivity index (χ2n) is 4.57. The summed E-state index contributed by atoms with van der Waals surface area (Å²) < 4.78 is 7.51. The van der Waals surface area contributed by atoms with Crippen molar-refractivity contribution in [3.63, 3.8) is 0 Å². The van der Waals surface area contributed by atoms with Crippen molar-refractivity contribution in [2.75, 3.05) is 6.61 Å². The Morgan fingerprint density at radius 1 is 1.39 bits per heavy atom. The summed E-state index contributed by atoms with van der Waals surface area (Å²) in [5.74, 6) is 0.805. The highest BCUT2D eigenvalue weighted by Gasteiger charge is 2.18. The molecule has 0 amide bonds. The van der Waals surface area contributed by atoms with E-state index < -0.39 is 0 Å². The molecule has 1 aliphatic heterocycles. The van der Waals surface area contributed by atoms with Gasteiger partial charge in [-0.05, 0) is 31.4 Å². The molecular formula is C13H15N3O2. The van der Waals surface area contributed by atoms with E-state index in [4.69, 9.17) is 4.74 Å². The Morgan fingerprint density at radius 3 is 3.11 bits per heavy atom. The first-order valence-electron chi connectivity index (χ1n) is 6.28. The highest BCUT2D eigenvalue weighted by Crippen LogP contribution is 2.17. The molecule has 0 aromatic carbocycles. The summed E-state index contributed by atoms with van der Waals surface area (Å²) in [4.78, 5) is 11.1. The number of hydrogen-bond donors (Lipinski definition) is 0. The Labute approximate surface area is 105 Å². The molecule has 0 bridgehead atoms. The summed E-state index contributed by atoms with van der Waals surface area (Å²) in [5.41, 5.74) is 1.30. The molecule has 3 heterocycles. The molecule has 0 spiro atoms. The molecule has 1 aliphatic rings. The maximum atomic E-state index is 11.1. The fraction of sp³-hybridized carbons (Fsp3) is 0.462. The minimum absolute atomic E-state index is 0.200. The summed E-state index contributed by atoms with van der Waals surface area (Å²) in [6.45, 7) is 0.821. The highest BCUT2D eigenvalue weighted by molar-refractivity contribution is 5.73. The summed E-state index contributed by atoms with van der Waals surface area (Å²) in [7, 11) is 0. The molecule has 0 saturated carbocycles. The first-order valence-corrected chi connectivity index (χ1v) is 6.28. The van der Waals surface area contributed by atoms with E-state index in [1.807, 2.05) is 16.5 Å². The molecule has 3 rings (SSSR count). The third-order valence-electron chi connectivity index (χ3n) is 3.33. The van der Waals surface area contributed by atoms with Crippen LogP contribution in [0.1, 0.15) is 35.6 Å². The van der Waals surface area contributed by atoms with E-state index in [2.05, 4.69) is 10.2 Å². The van der Waals surface area contributed by atoms with Crippen molar-refractivity contribution in [2.45, 2.75) is 31.8 Å². The van der Waals surface area contributed by atoms with Gasteiger partial charge in [0.25, 0.3) is 0 Å². The number of carbonyl (C=O) groups is 1. The molecule has 0 radical (unpaired) electrons. The third kappa shape index (κ3) is 2.01. The van der Waals surface area contributed by atoms with Gasteiger partial charge in [0.2, 0.25) is 0 Å². The first kappa shape index (κ1) is 11.3. The molecular weight excluding hydrogens is 230 g/mol. The van der Waals surface area contributed by atoms with Crippen LogP contribution in [0.2, 0.25) is 0 Å². The number of rotatable bonds is 3. The predicted molar refractivity (Wildman–Crippen MR) is 65.7 cm³/mol. The predicted octanol–water partition coefficient (Wildman–Crippen LogP) is 1.65. The molecule has 1 unspecified atom stereocenters. The summed E-state index contributed by atoms with van der Waals surface area (Å²) in [6, 6.07) is 5.44. The minimum Gasteiger partial charge on any atom is -0.378 e. The van der Waals surface area contributed by atoms with Gasteiger partial charge in [-0.15, -0.1) is 10.2 Å². The van der Waals surface area contributed by atoms with Crippen LogP contribution in [-0.4, -0.2) is 33.6 Å². The fourth-order valence-corrected chi connectivity index (χ4v) is 2.42. The van der Waals surface area contributed by atoms with Crippen LogP contribution in [0.5, 0.6) is 0 Å². The molecule has 94 valence electrons. The number of carbonyl (C=O) groups excluding carboxylic acids is 1. The van der Waals surface area contributed by atoms with E-state index >= 15 is 0 Å². The number of hydrogen-bond acceptors (Lipinski definition) is 4. The van der Waals surface area contributed by atoms with Crippen molar-refractivity contribution in [3.8, 4) is 0 Å². The van der Waals surface area contributed by atoms with Gasteiger partial charge in [-0.1, -0.05) is 6.07 Å². The van der Waals surface area contributed by atoms with Crippen molar-refractivity contribution in [1.29, 1.82) is 0 Å². The molecule has 2 aromatic heterocycles. The molecule has 1 saturated heterocycles. The topological polar surface area (TPSA) is 56.5 Å². The van der Waals surface area contributed by atoms with Crippen molar-refractivity contribution < 1.29 is 9.53 Å². The maximum absolute atomic E-state index is 11.1. The van der Waals surface area contributed by atoms with Gasteiger partial charge in [0.1, 0.15) is 5.82 Å². The summed E-state index contributed by atoms with van der Waals surface area (Å²) >= 11 is 0. The zero-order valence-electron chi connectivity index (χ0n) is 10.1. The van der Waals surface area contributed by atoms with E-state index in [9.17, 15) is 4.79 Å². The van der Waals surface area contributed by atoms with Crippen LogP contribution in [0.25, 0.3) is 5.65 Å². The van der Waals surface area contributed by atoms with Gasteiger partial charge in [0, 0.05) is 13.0 Å². The lowest BCUT2D eigenvalue weighted by molar-refractivity contribution is 0.0155. The van der Waals surface area contributed by atoms with Crippen LogP contribution in [0.4, 0.5) is 0 Å². The first-order chi connectivity index (χ1) is 8.88. The summed E-state index contributed by atoms with van der Waals surface area (Å²) in [6.07, 6.45) is 5.13. The van der Waals surface area contributed by atoms with Gasteiger partial charge in [0.05, 0.1) is 11.8 Å². The quantitative estimate of drug-likeness (QED) is 0.771. The van der Waals surface area contributed by atoms with E-state index in [1.54, 1.807) is 6.07 Å². The molecule has 1 atom stereocenters. The average Bonchev–Trinajstić information content (AvgIpc) is 2.83. The Bertz CT molecular complexity index is 558. The third-order valence-corrected chi connectivity index (χ3v) is 3.33. The zero-order chi connectivity index (χ0) is 12.4. The molecule has 18 heavy (non-hydrogen) atoms. The second kappa shape index (κ2) is 4.86. The number of pyridine rings is 1.